The van der Waals surface area contributed by atoms with Crippen LogP contribution in [0.2, 0.25) is 0 Å². The van der Waals surface area contributed by atoms with E-state index in [0.29, 0.717) is 19.4 Å². The molecule has 17 heavy (non-hydrogen) atoms. The average molecular weight is 238 g/mol. The molecule has 0 aromatic carbocycles. The number of esters is 1. The molecule has 0 saturated carbocycles. The number of rotatable bonds is 6. The van der Waals surface area contributed by atoms with Crippen molar-refractivity contribution in [2.75, 3.05) is 6.61 Å². The Morgan fingerprint density at radius 3 is 2.35 bits per heavy atom. The normalized spacial score (nSPS) is 11.1. The maximum absolute atomic E-state index is 11.0. The number of hydrogen-bond acceptors (Lipinski definition) is 3. The first-order valence-electron chi connectivity index (χ1n) is 6.16. The lowest BCUT2D eigenvalue weighted by Gasteiger charge is -2.20. The van der Waals surface area contributed by atoms with Gasteiger partial charge >= 0.3 is 5.97 Å². The van der Waals surface area contributed by atoms with Crippen molar-refractivity contribution in [3.8, 4) is 11.8 Å². The minimum atomic E-state index is -0.928. The molecule has 0 unspecified atom stereocenters. The predicted octanol–water partition coefficient (Wildman–Crippen LogP) is 2.44. The van der Waals surface area contributed by atoms with E-state index in [2.05, 4.69) is 11.8 Å². The molecule has 0 saturated heterocycles. The smallest absolute Gasteiger partial charge is 0.331 e. The van der Waals surface area contributed by atoms with Crippen LogP contribution in [0, 0.1) is 11.8 Å². The van der Waals surface area contributed by atoms with E-state index in [1.807, 2.05) is 13.8 Å². The Labute approximate surface area is 104 Å². The fourth-order valence-corrected chi connectivity index (χ4v) is 1.55. The largest absolute Gasteiger partial charge is 0.463 e. The van der Waals surface area contributed by atoms with Crippen molar-refractivity contribution in [1.82, 2.24) is 0 Å². The SMILES string of the molecule is CCCC(O)(C#C/C=C\C(=O)OCC)CCC. The van der Waals surface area contributed by atoms with E-state index in [1.54, 1.807) is 6.92 Å². The summed E-state index contributed by atoms with van der Waals surface area (Å²) in [6.45, 7) is 6.12. The maximum Gasteiger partial charge on any atom is 0.331 e. The summed E-state index contributed by atoms with van der Waals surface area (Å²) in [5, 5.41) is 10.2. The van der Waals surface area contributed by atoms with Gasteiger partial charge in [0.25, 0.3) is 0 Å². The highest BCUT2D eigenvalue weighted by Gasteiger charge is 2.21. The Hall–Kier alpha value is -1.27. The van der Waals surface area contributed by atoms with Gasteiger partial charge in [-0.25, -0.2) is 4.79 Å². The molecule has 0 bridgehead atoms. The van der Waals surface area contributed by atoms with Gasteiger partial charge in [0.05, 0.1) is 6.61 Å². The molecule has 3 heteroatoms. The zero-order valence-corrected chi connectivity index (χ0v) is 11.0. The van der Waals surface area contributed by atoms with Crippen molar-refractivity contribution in [2.24, 2.45) is 0 Å². The first-order chi connectivity index (χ1) is 8.08. The summed E-state index contributed by atoms with van der Waals surface area (Å²) in [4.78, 5) is 11.0. The second kappa shape index (κ2) is 8.83. The number of hydrogen-bond donors (Lipinski definition) is 1. The minimum Gasteiger partial charge on any atom is -0.463 e. The fraction of sp³-hybridized carbons (Fsp3) is 0.643. The summed E-state index contributed by atoms with van der Waals surface area (Å²) < 4.78 is 4.71. The molecule has 3 nitrogen and oxygen atoms in total. The summed E-state index contributed by atoms with van der Waals surface area (Å²) in [5.41, 5.74) is -0.928. The fourth-order valence-electron chi connectivity index (χ4n) is 1.55. The minimum absolute atomic E-state index is 0.353. The second-order valence-electron chi connectivity index (χ2n) is 3.89. The molecule has 0 amide bonds. The van der Waals surface area contributed by atoms with Crippen molar-refractivity contribution in [3.63, 3.8) is 0 Å². The third-order valence-electron chi connectivity index (χ3n) is 2.22. The zero-order valence-electron chi connectivity index (χ0n) is 11.0. The molecule has 0 aromatic heterocycles. The Morgan fingerprint density at radius 2 is 1.88 bits per heavy atom. The molecule has 0 spiro atoms. The quantitative estimate of drug-likeness (QED) is 0.439. The van der Waals surface area contributed by atoms with E-state index in [-0.39, 0.29) is 0 Å². The first kappa shape index (κ1) is 15.7. The van der Waals surface area contributed by atoms with Crippen molar-refractivity contribution in [1.29, 1.82) is 0 Å². The second-order valence-corrected chi connectivity index (χ2v) is 3.89. The molecule has 96 valence electrons. The molecule has 0 aliphatic heterocycles. The summed E-state index contributed by atoms with van der Waals surface area (Å²) >= 11 is 0. The molecule has 0 aliphatic rings. The zero-order chi connectivity index (χ0) is 13.1. The van der Waals surface area contributed by atoms with Crippen LogP contribution >= 0.6 is 0 Å². The lowest BCUT2D eigenvalue weighted by atomic mass is 9.93. The van der Waals surface area contributed by atoms with Crippen LogP contribution in [0.15, 0.2) is 12.2 Å². The highest BCUT2D eigenvalue weighted by Crippen LogP contribution is 2.18. The van der Waals surface area contributed by atoms with Crippen LogP contribution in [0.4, 0.5) is 0 Å². The van der Waals surface area contributed by atoms with Gasteiger partial charge in [0.15, 0.2) is 0 Å². The van der Waals surface area contributed by atoms with Crippen LogP contribution < -0.4 is 0 Å². The van der Waals surface area contributed by atoms with Crippen LogP contribution in [-0.4, -0.2) is 23.3 Å². The summed E-state index contributed by atoms with van der Waals surface area (Å²) in [6.07, 6.45) is 5.77. The molecule has 0 radical (unpaired) electrons. The van der Waals surface area contributed by atoms with E-state index < -0.39 is 11.6 Å². The number of carbonyl (C=O) groups excluding carboxylic acids is 1. The topological polar surface area (TPSA) is 46.5 Å². The summed E-state index contributed by atoms with van der Waals surface area (Å²) in [5.74, 6) is 5.10. The molecular formula is C14H22O3. The molecule has 1 N–H and O–H groups in total. The van der Waals surface area contributed by atoms with E-state index in [4.69, 9.17) is 4.74 Å². The number of ether oxygens (including phenoxy) is 1. The van der Waals surface area contributed by atoms with Crippen LogP contribution in [0.25, 0.3) is 0 Å². The van der Waals surface area contributed by atoms with E-state index in [9.17, 15) is 9.90 Å². The Morgan fingerprint density at radius 1 is 1.29 bits per heavy atom. The molecular weight excluding hydrogens is 216 g/mol. The number of aliphatic hydroxyl groups is 1. The van der Waals surface area contributed by atoms with Crippen molar-refractivity contribution in [3.05, 3.63) is 12.2 Å². The lowest BCUT2D eigenvalue weighted by Crippen LogP contribution is -2.25. The standard InChI is InChI=1S/C14H22O3/c1-4-10-14(16,11-5-2)12-8-7-9-13(15)17-6-3/h7,9,16H,4-6,10-11H2,1-3H3/b9-7-. The number of allylic oxidation sites excluding steroid dienone is 1. The summed E-state index contributed by atoms with van der Waals surface area (Å²) in [6, 6.07) is 0. The van der Waals surface area contributed by atoms with Crippen LogP contribution in [-0.2, 0) is 9.53 Å². The third kappa shape index (κ3) is 7.59. The first-order valence-corrected chi connectivity index (χ1v) is 6.16. The predicted molar refractivity (Wildman–Crippen MR) is 68.3 cm³/mol. The van der Waals surface area contributed by atoms with Gasteiger partial charge in [-0.2, -0.15) is 0 Å². The highest BCUT2D eigenvalue weighted by atomic mass is 16.5. The van der Waals surface area contributed by atoms with Crippen molar-refractivity contribution >= 4 is 5.97 Å². The Bertz CT molecular complexity index is 301. The molecule has 0 fully saturated rings. The van der Waals surface area contributed by atoms with Gasteiger partial charge in [-0.05, 0) is 25.8 Å². The van der Waals surface area contributed by atoms with Crippen LogP contribution in [0.5, 0.6) is 0 Å². The Kier molecular flexibility index (Phi) is 8.17. The molecule has 0 aromatic rings. The monoisotopic (exact) mass is 238 g/mol. The van der Waals surface area contributed by atoms with E-state index in [1.165, 1.54) is 12.2 Å². The van der Waals surface area contributed by atoms with Gasteiger partial charge in [-0.15, -0.1) is 0 Å². The molecule has 0 heterocycles. The molecule has 0 aliphatic carbocycles. The highest BCUT2D eigenvalue weighted by molar-refractivity contribution is 5.82. The Balaban J connectivity index is 4.41. The lowest BCUT2D eigenvalue weighted by molar-refractivity contribution is -0.137. The van der Waals surface area contributed by atoms with Gasteiger partial charge in [0.1, 0.15) is 5.60 Å². The van der Waals surface area contributed by atoms with Crippen LogP contribution in [0.1, 0.15) is 46.5 Å². The molecule has 0 atom stereocenters. The van der Waals surface area contributed by atoms with E-state index in [0.717, 1.165) is 12.8 Å². The van der Waals surface area contributed by atoms with Gasteiger partial charge in [-0.1, -0.05) is 38.5 Å². The maximum atomic E-state index is 11.0. The summed E-state index contributed by atoms with van der Waals surface area (Å²) in [7, 11) is 0. The van der Waals surface area contributed by atoms with Crippen LogP contribution in [0.3, 0.4) is 0 Å². The van der Waals surface area contributed by atoms with Gasteiger partial charge < -0.3 is 9.84 Å². The van der Waals surface area contributed by atoms with Gasteiger partial charge in [0, 0.05) is 6.08 Å². The van der Waals surface area contributed by atoms with Gasteiger partial charge in [0.2, 0.25) is 0 Å². The molecule has 0 rings (SSSR count). The van der Waals surface area contributed by atoms with Crippen molar-refractivity contribution in [2.45, 2.75) is 52.1 Å². The van der Waals surface area contributed by atoms with E-state index >= 15 is 0 Å². The van der Waals surface area contributed by atoms with Gasteiger partial charge in [-0.3, -0.25) is 0 Å². The average Bonchev–Trinajstić information content (AvgIpc) is 2.26. The number of carbonyl (C=O) groups is 1. The third-order valence-corrected chi connectivity index (χ3v) is 2.22. The van der Waals surface area contributed by atoms with Crippen molar-refractivity contribution < 1.29 is 14.6 Å².